The van der Waals surface area contributed by atoms with E-state index in [1.165, 1.54) is 18.2 Å². The molecule has 0 unspecified atom stereocenters. The number of aromatic nitrogens is 1. The third kappa shape index (κ3) is 2.84. The van der Waals surface area contributed by atoms with Crippen LogP contribution in [0.4, 0.5) is 4.39 Å². The summed E-state index contributed by atoms with van der Waals surface area (Å²) >= 11 is 0. The summed E-state index contributed by atoms with van der Waals surface area (Å²) in [5.74, 6) is -1.84. The van der Waals surface area contributed by atoms with Crippen LogP contribution >= 0.6 is 0 Å². The fraction of sp³-hybridized carbons (Fsp3) is 0.125. The normalized spacial score (nSPS) is 11.2. The van der Waals surface area contributed by atoms with Gasteiger partial charge in [0.25, 0.3) is 0 Å². The van der Waals surface area contributed by atoms with Gasteiger partial charge >= 0.3 is 0 Å². The number of nitriles is 1. The minimum Gasteiger partial charge on any atom is -0.544 e. The van der Waals surface area contributed by atoms with Gasteiger partial charge in [0, 0.05) is 17.1 Å². The van der Waals surface area contributed by atoms with Gasteiger partial charge in [0.15, 0.2) is 0 Å². The molecular formula is C16H12FN2O2-. The zero-order valence-electron chi connectivity index (χ0n) is 11.6. The van der Waals surface area contributed by atoms with E-state index in [9.17, 15) is 14.3 Å². The number of carbonyl (C=O) groups is 1. The fourth-order valence-corrected chi connectivity index (χ4v) is 2.21. The fourth-order valence-electron chi connectivity index (χ4n) is 2.21. The molecule has 5 heteroatoms. The standard InChI is InChI=1S/C16H13FN2O2/c1-10-7-12(8-13(9-18)16(20)21)11(2)19(10)15-5-3-14(17)4-6-15/h3-8H,1-2H3,(H,20,21)/p-1/b13-8-. The maximum Gasteiger partial charge on any atom is 0.123 e. The lowest BCUT2D eigenvalue weighted by molar-refractivity contribution is -0.298. The van der Waals surface area contributed by atoms with E-state index in [-0.39, 0.29) is 5.82 Å². The molecule has 0 bridgehead atoms. The molecule has 2 aromatic rings. The van der Waals surface area contributed by atoms with Crippen LogP contribution in [0.15, 0.2) is 35.9 Å². The second-order valence-electron chi connectivity index (χ2n) is 4.60. The molecule has 1 heterocycles. The van der Waals surface area contributed by atoms with Gasteiger partial charge in [-0.3, -0.25) is 0 Å². The van der Waals surface area contributed by atoms with Gasteiger partial charge in [-0.25, -0.2) is 4.39 Å². The Kier molecular flexibility index (Phi) is 3.90. The Morgan fingerprint density at radius 2 is 1.95 bits per heavy atom. The van der Waals surface area contributed by atoms with Crippen molar-refractivity contribution in [1.29, 1.82) is 5.26 Å². The third-order valence-corrected chi connectivity index (χ3v) is 3.20. The molecule has 106 valence electrons. The second-order valence-corrected chi connectivity index (χ2v) is 4.60. The van der Waals surface area contributed by atoms with Crippen LogP contribution < -0.4 is 5.11 Å². The second kappa shape index (κ2) is 5.63. The number of hydrogen-bond acceptors (Lipinski definition) is 3. The van der Waals surface area contributed by atoms with Crippen LogP contribution in [0.3, 0.4) is 0 Å². The first-order valence-electron chi connectivity index (χ1n) is 6.22. The Balaban J connectivity index is 2.55. The smallest absolute Gasteiger partial charge is 0.123 e. The van der Waals surface area contributed by atoms with Crippen LogP contribution in [0.25, 0.3) is 11.8 Å². The van der Waals surface area contributed by atoms with Gasteiger partial charge in [-0.05, 0) is 55.8 Å². The van der Waals surface area contributed by atoms with Gasteiger partial charge < -0.3 is 14.5 Å². The SMILES string of the molecule is Cc1cc(/C=C(/C#N)C(=O)[O-])c(C)n1-c1ccc(F)cc1. The van der Waals surface area contributed by atoms with E-state index in [4.69, 9.17) is 5.26 Å². The van der Waals surface area contributed by atoms with Crippen LogP contribution in [-0.2, 0) is 4.79 Å². The number of aliphatic carboxylic acids is 1. The minimum atomic E-state index is -1.51. The van der Waals surface area contributed by atoms with E-state index in [2.05, 4.69) is 0 Å². The largest absolute Gasteiger partial charge is 0.544 e. The maximum atomic E-state index is 13.0. The number of carboxylic acids is 1. The number of halogens is 1. The van der Waals surface area contributed by atoms with Crippen molar-refractivity contribution in [2.75, 3.05) is 0 Å². The first kappa shape index (κ1) is 14.5. The Hall–Kier alpha value is -2.87. The van der Waals surface area contributed by atoms with Gasteiger partial charge in [0.2, 0.25) is 0 Å². The predicted molar refractivity (Wildman–Crippen MR) is 73.8 cm³/mol. The van der Waals surface area contributed by atoms with Crippen molar-refractivity contribution in [2.45, 2.75) is 13.8 Å². The highest BCUT2D eigenvalue weighted by Gasteiger charge is 2.10. The summed E-state index contributed by atoms with van der Waals surface area (Å²) in [6.07, 6.45) is 1.28. The summed E-state index contributed by atoms with van der Waals surface area (Å²) in [5, 5.41) is 19.6. The van der Waals surface area contributed by atoms with Crippen molar-refractivity contribution in [3.63, 3.8) is 0 Å². The molecule has 0 aliphatic rings. The lowest BCUT2D eigenvalue weighted by Gasteiger charge is -2.09. The highest BCUT2D eigenvalue weighted by Crippen LogP contribution is 2.22. The van der Waals surface area contributed by atoms with E-state index >= 15 is 0 Å². The molecule has 0 aliphatic heterocycles. The lowest BCUT2D eigenvalue weighted by atomic mass is 10.1. The molecule has 0 amide bonds. The predicted octanol–water partition coefficient (Wildman–Crippen LogP) is 1.89. The molecule has 0 atom stereocenters. The summed E-state index contributed by atoms with van der Waals surface area (Å²) in [6, 6.07) is 9.33. The summed E-state index contributed by atoms with van der Waals surface area (Å²) in [6.45, 7) is 3.64. The van der Waals surface area contributed by atoms with Gasteiger partial charge in [-0.2, -0.15) is 5.26 Å². The molecule has 0 aliphatic carbocycles. The molecule has 0 fully saturated rings. The lowest BCUT2D eigenvalue weighted by Crippen LogP contribution is -2.23. The maximum absolute atomic E-state index is 13.0. The van der Waals surface area contributed by atoms with Crippen LogP contribution in [-0.4, -0.2) is 10.5 Å². The highest BCUT2D eigenvalue weighted by atomic mass is 19.1. The summed E-state index contributed by atoms with van der Waals surface area (Å²) in [4.78, 5) is 10.8. The zero-order chi connectivity index (χ0) is 15.6. The molecule has 0 spiro atoms. The van der Waals surface area contributed by atoms with Crippen molar-refractivity contribution in [3.8, 4) is 11.8 Å². The summed E-state index contributed by atoms with van der Waals surface area (Å²) in [7, 11) is 0. The molecule has 1 aromatic heterocycles. The van der Waals surface area contributed by atoms with Crippen LogP contribution in [0.1, 0.15) is 17.0 Å². The Morgan fingerprint density at radius 1 is 1.33 bits per heavy atom. The van der Waals surface area contributed by atoms with E-state index in [0.29, 0.717) is 5.56 Å². The molecule has 4 nitrogen and oxygen atoms in total. The average Bonchev–Trinajstić information content (AvgIpc) is 2.71. The van der Waals surface area contributed by atoms with Crippen LogP contribution in [0, 0.1) is 31.0 Å². The number of hydrogen-bond donors (Lipinski definition) is 0. The Bertz CT molecular complexity index is 765. The van der Waals surface area contributed by atoms with E-state index < -0.39 is 11.5 Å². The summed E-state index contributed by atoms with van der Waals surface area (Å²) < 4.78 is 14.8. The molecule has 2 rings (SSSR count). The molecule has 0 radical (unpaired) electrons. The van der Waals surface area contributed by atoms with Crippen LogP contribution in [0.2, 0.25) is 0 Å². The van der Waals surface area contributed by atoms with Gasteiger partial charge in [0.1, 0.15) is 11.9 Å². The average molecular weight is 283 g/mol. The Labute approximate surface area is 121 Å². The Morgan fingerprint density at radius 3 is 2.48 bits per heavy atom. The quantitative estimate of drug-likeness (QED) is 0.638. The van der Waals surface area contributed by atoms with Crippen molar-refractivity contribution >= 4 is 12.0 Å². The molecule has 0 saturated heterocycles. The molecular weight excluding hydrogens is 271 g/mol. The van der Waals surface area contributed by atoms with Crippen molar-refractivity contribution in [1.82, 2.24) is 4.57 Å². The minimum absolute atomic E-state index is 0.329. The number of carbonyl (C=O) groups excluding carboxylic acids is 1. The summed E-state index contributed by atoms with van der Waals surface area (Å²) in [5.41, 5.74) is 2.54. The number of aryl methyl sites for hydroxylation is 1. The first-order chi connectivity index (χ1) is 9.93. The van der Waals surface area contributed by atoms with Crippen molar-refractivity contribution < 1.29 is 14.3 Å². The van der Waals surface area contributed by atoms with Crippen molar-refractivity contribution in [3.05, 3.63) is 58.7 Å². The van der Waals surface area contributed by atoms with Crippen molar-refractivity contribution in [2.24, 2.45) is 0 Å². The van der Waals surface area contributed by atoms with E-state index in [1.54, 1.807) is 31.2 Å². The van der Waals surface area contributed by atoms with Crippen LogP contribution in [0.5, 0.6) is 0 Å². The zero-order valence-corrected chi connectivity index (χ0v) is 11.6. The molecule has 0 N–H and O–H groups in total. The highest BCUT2D eigenvalue weighted by molar-refractivity contribution is 5.95. The number of carboxylic acid groups (broad SMARTS) is 1. The monoisotopic (exact) mass is 283 g/mol. The number of rotatable bonds is 3. The van der Waals surface area contributed by atoms with Gasteiger partial charge in [0.05, 0.1) is 11.5 Å². The van der Waals surface area contributed by atoms with E-state index in [1.807, 2.05) is 11.5 Å². The first-order valence-corrected chi connectivity index (χ1v) is 6.22. The van der Waals surface area contributed by atoms with Gasteiger partial charge in [-0.15, -0.1) is 0 Å². The van der Waals surface area contributed by atoms with E-state index in [0.717, 1.165) is 17.1 Å². The molecule has 21 heavy (non-hydrogen) atoms. The molecule has 0 saturated carbocycles. The third-order valence-electron chi connectivity index (χ3n) is 3.20. The topological polar surface area (TPSA) is 68.8 Å². The number of benzene rings is 1. The van der Waals surface area contributed by atoms with Gasteiger partial charge in [-0.1, -0.05) is 0 Å². The molecule has 1 aromatic carbocycles. The number of nitrogens with zero attached hydrogens (tertiary/aromatic N) is 2.